The van der Waals surface area contributed by atoms with E-state index < -0.39 is 12.2 Å². The fourth-order valence-corrected chi connectivity index (χ4v) is 3.74. The topological polar surface area (TPSA) is 65.9 Å². The van der Waals surface area contributed by atoms with Gasteiger partial charge in [-0.3, -0.25) is 0 Å². The minimum atomic E-state index is -0.906. The molecule has 1 aromatic heterocycles. The van der Waals surface area contributed by atoms with Crippen molar-refractivity contribution < 1.29 is 14.9 Å². The summed E-state index contributed by atoms with van der Waals surface area (Å²) in [6, 6.07) is 12.0. The van der Waals surface area contributed by atoms with Crippen molar-refractivity contribution in [2.75, 3.05) is 0 Å². The highest BCUT2D eigenvalue weighted by Crippen LogP contribution is 2.52. The summed E-state index contributed by atoms with van der Waals surface area (Å²) in [6.45, 7) is 2.10. The molecule has 0 amide bonds. The number of hydrogen-bond acceptors (Lipinski definition) is 4. The third-order valence-corrected chi connectivity index (χ3v) is 4.98. The summed E-state index contributed by atoms with van der Waals surface area (Å²) in [5, 5.41) is 22.6. The van der Waals surface area contributed by atoms with Gasteiger partial charge in [0.1, 0.15) is 24.4 Å². The van der Waals surface area contributed by atoms with Crippen molar-refractivity contribution in [2.45, 2.75) is 31.3 Å². The van der Waals surface area contributed by atoms with Crippen LogP contribution in [-0.4, -0.2) is 27.4 Å². The first-order valence-corrected chi connectivity index (χ1v) is 7.50. The zero-order chi connectivity index (χ0) is 15.0. The highest BCUT2D eigenvalue weighted by molar-refractivity contribution is 5.99. The number of para-hydroxylation sites is 1. The van der Waals surface area contributed by atoms with E-state index in [2.05, 4.69) is 13.0 Å². The lowest BCUT2D eigenvalue weighted by atomic mass is 9.85. The van der Waals surface area contributed by atoms with E-state index in [0.717, 1.165) is 32.9 Å². The molecule has 1 aliphatic carbocycles. The van der Waals surface area contributed by atoms with E-state index >= 15 is 0 Å². The summed E-state index contributed by atoms with van der Waals surface area (Å²) in [7, 11) is 0. The molecule has 1 aliphatic heterocycles. The number of hydrogen-bond donors (Lipinski definition) is 2. The average Bonchev–Trinajstić information content (AvgIpc) is 3.33. The molecule has 5 rings (SSSR count). The van der Waals surface area contributed by atoms with Gasteiger partial charge in [-0.1, -0.05) is 30.3 Å². The van der Waals surface area contributed by atoms with E-state index in [1.165, 1.54) is 5.56 Å². The van der Waals surface area contributed by atoms with Crippen LogP contribution in [0.15, 0.2) is 36.4 Å². The molecule has 2 unspecified atom stereocenters. The number of epoxide rings is 1. The number of benzene rings is 2. The number of ether oxygens (including phenoxy) is 1. The molecular formula is C18H15NO3. The summed E-state index contributed by atoms with van der Waals surface area (Å²) in [5.74, 6) is 0. The molecule has 22 heavy (non-hydrogen) atoms. The van der Waals surface area contributed by atoms with Crippen LogP contribution in [0.4, 0.5) is 0 Å². The monoisotopic (exact) mass is 293 g/mol. The van der Waals surface area contributed by atoms with Crippen LogP contribution in [0, 0.1) is 6.92 Å². The number of rotatable bonds is 0. The second-order valence-electron chi connectivity index (χ2n) is 6.18. The van der Waals surface area contributed by atoms with Crippen LogP contribution < -0.4 is 0 Å². The molecule has 4 atom stereocenters. The molecule has 0 spiro atoms. The lowest BCUT2D eigenvalue weighted by Crippen LogP contribution is -2.29. The maximum Gasteiger partial charge on any atom is 0.118 e. The molecule has 2 aromatic carbocycles. The zero-order valence-electron chi connectivity index (χ0n) is 12.0. The number of nitrogens with zero attached hydrogens (tertiary/aromatic N) is 1. The zero-order valence-corrected chi connectivity index (χ0v) is 12.0. The van der Waals surface area contributed by atoms with Crippen LogP contribution in [-0.2, 0) is 4.74 Å². The molecular weight excluding hydrogens is 278 g/mol. The van der Waals surface area contributed by atoms with Gasteiger partial charge in [0.05, 0.1) is 11.0 Å². The van der Waals surface area contributed by atoms with E-state index in [4.69, 9.17) is 9.72 Å². The Hall–Kier alpha value is -2.01. The first-order chi connectivity index (χ1) is 10.7. The van der Waals surface area contributed by atoms with Gasteiger partial charge in [-0.2, -0.15) is 0 Å². The van der Waals surface area contributed by atoms with Crippen molar-refractivity contribution in [3.05, 3.63) is 53.1 Å². The van der Waals surface area contributed by atoms with E-state index in [0.29, 0.717) is 0 Å². The van der Waals surface area contributed by atoms with Crippen molar-refractivity contribution in [1.82, 2.24) is 4.98 Å². The van der Waals surface area contributed by atoms with Gasteiger partial charge in [-0.15, -0.1) is 0 Å². The van der Waals surface area contributed by atoms with Crippen LogP contribution in [0.2, 0.25) is 0 Å². The van der Waals surface area contributed by atoms with Crippen molar-refractivity contribution in [1.29, 1.82) is 0 Å². The normalized spacial score (nSPS) is 29.4. The second kappa shape index (κ2) is 4.04. The molecule has 2 aliphatic rings. The van der Waals surface area contributed by atoms with Gasteiger partial charge >= 0.3 is 0 Å². The predicted octanol–water partition coefficient (Wildman–Crippen LogP) is 2.54. The maximum atomic E-state index is 10.3. The van der Waals surface area contributed by atoms with E-state index in [-0.39, 0.29) is 12.2 Å². The number of aliphatic hydroxyl groups is 2. The number of fused-ring (bicyclic) bond motifs is 6. The van der Waals surface area contributed by atoms with Crippen LogP contribution in [0.25, 0.3) is 21.8 Å². The highest BCUT2D eigenvalue weighted by Gasteiger charge is 2.54. The van der Waals surface area contributed by atoms with Gasteiger partial charge in [0.15, 0.2) is 0 Å². The molecule has 0 saturated carbocycles. The molecule has 1 fully saturated rings. The lowest BCUT2D eigenvalue weighted by Gasteiger charge is -2.24. The fourth-order valence-electron chi connectivity index (χ4n) is 3.74. The molecule has 2 N–H and O–H groups in total. The van der Waals surface area contributed by atoms with E-state index in [1.807, 2.05) is 30.3 Å². The van der Waals surface area contributed by atoms with E-state index in [9.17, 15) is 10.2 Å². The summed E-state index contributed by atoms with van der Waals surface area (Å²) in [4.78, 5) is 4.82. The summed E-state index contributed by atoms with van der Waals surface area (Å²) < 4.78 is 5.60. The van der Waals surface area contributed by atoms with Crippen LogP contribution in [0.5, 0.6) is 0 Å². The molecule has 1 saturated heterocycles. The van der Waals surface area contributed by atoms with Crippen molar-refractivity contribution in [3.8, 4) is 0 Å². The Morgan fingerprint density at radius 3 is 2.73 bits per heavy atom. The Bertz CT molecular complexity index is 936. The van der Waals surface area contributed by atoms with Gasteiger partial charge in [0.25, 0.3) is 0 Å². The summed E-state index contributed by atoms with van der Waals surface area (Å²) >= 11 is 0. The predicted molar refractivity (Wildman–Crippen MR) is 82.6 cm³/mol. The Morgan fingerprint density at radius 1 is 1.05 bits per heavy atom. The second-order valence-corrected chi connectivity index (χ2v) is 6.18. The smallest absolute Gasteiger partial charge is 0.118 e. The van der Waals surface area contributed by atoms with Gasteiger partial charge in [-0.05, 0) is 24.1 Å². The molecule has 0 radical (unpaired) electrons. The van der Waals surface area contributed by atoms with Crippen molar-refractivity contribution in [3.63, 3.8) is 0 Å². The van der Waals surface area contributed by atoms with Crippen LogP contribution in [0.1, 0.15) is 28.9 Å². The third kappa shape index (κ3) is 1.44. The number of pyridine rings is 1. The first-order valence-electron chi connectivity index (χ1n) is 7.50. The standard InChI is InChI=1S/C18H15NO3/c1-8-9-4-2-3-5-12(9)19-14-10(8)6-7-11-13(14)17-18(22-17)16(21)15(11)20/h2-7,15-18,20-21H,1H3/t15?,16-,17?,18-/m0/s1. The molecule has 3 aromatic rings. The Kier molecular flexibility index (Phi) is 2.30. The SMILES string of the molecule is Cc1c2ccccc2nc2c3c(ccc12)C(O)[C@H](O)[C@@H]1OC31. The van der Waals surface area contributed by atoms with Gasteiger partial charge in [0.2, 0.25) is 0 Å². The minimum Gasteiger partial charge on any atom is -0.387 e. The molecule has 0 bridgehead atoms. The van der Waals surface area contributed by atoms with Crippen LogP contribution in [0.3, 0.4) is 0 Å². The minimum absolute atomic E-state index is 0.148. The first kappa shape index (κ1) is 12.5. The summed E-state index contributed by atoms with van der Waals surface area (Å²) in [6.07, 6.45) is -2.21. The molecule has 4 heteroatoms. The maximum absolute atomic E-state index is 10.3. The van der Waals surface area contributed by atoms with Crippen molar-refractivity contribution in [2.24, 2.45) is 0 Å². The number of aliphatic hydroxyl groups excluding tert-OH is 2. The average molecular weight is 293 g/mol. The number of aromatic nitrogens is 1. The largest absolute Gasteiger partial charge is 0.387 e. The van der Waals surface area contributed by atoms with Crippen LogP contribution >= 0.6 is 0 Å². The Morgan fingerprint density at radius 2 is 1.86 bits per heavy atom. The number of aryl methyl sites for hydroxylation is 1. The Balaban J connectivity index is 1.91. The van der Waals surface area contributed by atoms with E-state index in [1.54, 1.807) is 0 Å². The van der Waals surface area contributed by atoms with Gasteiger partial charge in [0, 0.05) is 16.3 Å². The van der Waals surface area contributed by atoms with Gasteiger partial charge < -0.3 is 14.9 Å². The highest BCUT2D eigenvalue weighted by atomic mass is 16.6. The third-order valence-electron chi connectivity index (χ3n) is 4.98. The Labute approximate surface area is 127 Å². The van der Waals surface area contributed by atoms with Crippen molar-refractivity contribution >= 4 is 21.8 Å². The van der Waals surface area contributed by atoms with Gasteiger partial charge in [-0.25, -0.2) is 4.98 Å². The fraction of sp³-hybridized carbons (Fsp3) is 0.278. The molecule has 4 nitrogen and oxygen atoms in total. The summed E-state index contributed by atoms with van der Waals surface area (Å²) in [5.41, 5.74) is 4.68. The quantitative estimate of drug-likeness (QED) is 0.494. The molecule has 2 heterocycles. The molecule has 110 valence electrons. The lowest BCUT2D eigenvalue weighted by molar-refractivity contribution is 0.0000939.